The molecule has 136 valence electrons. The number of aromatic nitrogens is 2. The summed E-state index contributed by atoms with van der Waals surface area (Å²) in [6.07, 6.45) is 5.75. The smallest absolute Gasteiger partial charge is 0.229 e. The zero-order valence-corrected chi connectivity index (χ0v) is 15.9. The summed E-state index contributed by atoms with van der Waals surface area (Å²) in [7, 11) is 1.91. The molecule has 0 unspecified atom stereocenters. The first-order chi connectivity index (χ1) is 11.6. The van der Waals surface area contributed by atoms with Crippen LogP contribution in [-0.4, -0.2) is 28.8 Å². The van der Waals surface area contributed by atoms with E-state index in [9.17, 15) is 4.79 Å². The maximum absolute atomic E-state index is 12.9. The molecule has 0 bridgehead atoms. The lowest BCUT2D eigenvalue weighted by molar-refractivity contribution is -0.119. The predicted octanol–water partition coefficient (Wildman–Crippen LogP) is 2.91. The normalized spacial score (nSPS) is 19.5. The van der Waals surface area contributed by atoms with Crippen LogP contribution in [0.15, 0.2) is 30.6 Å². The molecule has 2 atom stereocenters. The molecule has 1 aliphatic heterocycles. The van der Waals surface area contributed by atoms with Crippen molar-refractivity contribution >= 4 is 24.0 Å². The zero-order chi connectivity index (χ0) is 17.1. The lowest BCUT2D eigenvalue weighted by Crippen LogP contribution is -2.28. The Labute approximate surface area is 155 Å². The van der Waals surface area contributed by atoms with Crippen LogP contribution in [0.4, 0.5) is 5.69 Å². The van der Waals surface area contributed by atoms with Crippen LogP contribution < -0.4 is 10.6 Å². The van der Waals surface area contributed by atoms with Crippen LogP contribution in [0.3, 0.4) is 0 Å². The van der Waals surface area contributed by atoms with E-state index in [-0.39, 0.29) is 30.2 Å². The van der Waals surface area contributed by atoms with E-state index in [4.69, 9.17) is 0 Å². The lowest BCUT2D eigenvalue weighted by atomic mass is 9.90. The van der Waals surface area contributed by atoms with Gasteiger partial charge in [0, 0.05) is 37.9 Å². The van der Waals surface area contributed by atoms with Crippen molar-refractivity contribution in [1.29, 1.82) is 0 Å². The van der Waals surface area contributed by atoms with Gasteiger partial charge in [-0.15, -0.1) is 12.4 Å². The van der Waals surface area contributed by atoms with Crippen LogP contribution in [0.2, 0.25) is 0 Å². The van der Waals surface area contributed by atoms with E-state index in [2.05, 4.69) is 47.8 Å². The molecule has 0 spiro atoms. The molecule has 5 nitrogen and oxygen atoms in total. The Morgan fingerprint density at radius 3 is 2.76 bits per heavy atom. The molecule has 1 fully saturated rings. The highest BCUT2D eigenvalue weighted by Gasteiger charge is 2.34. The van der Waals surface area contributed by atoms with Gasteiger partial charge in [-0.3, -0.25) is 9.48 Å². The first-order valence-electron chi connectivity index (χ1n) is 8.74. The Hall–Kier alpha value is -1.85. The van der Waals surface area contributed by atoms with Crippen molar-refractivity contribution in [3.05, 3.63) is 47.3 Å². The molecule has 3 rings (SSSR count). The standard InChI is InChI=1S/C19H26N4O.ClH/c1-4-13-6-7-14(5-2)18(8-13)22-19(24)17-11-20-10-16(17)15-9-21-23(3)12-15;/h6-9,12,16-17,20H,4-5,10-11H2,1-3H3,(H,22,24);1H/t16-,17+;/m1./s1. The molecule has 6 heteroatoms. The van der Waals surface area contributed by atoms with Crippen LogP contribution in [0, 0.1) is 5.92 Å². The van der Waals surface area contributed by atoms with Gasteiger partial charge in [0.05, 0.1) is 12.1 Å². The van der Waals surface area contributed by atoms with Crippen molar-refractivity contribution in [2.24, 2.45) is 13.0 Å². The third-order valence-electron chi connectivity index (χ3n) is 4.93. The van der Waals surface area contributed by atoms with Gasteiger partial charge in [-0.25, -0.2) is 0 Å². The van der Waals surface area contributed by atoms with Gasteiger partial charge in [0.1, 0.15) is 0 Å². The Bertz CT molecular complexity index is 728. The van der Waals surface area contributed by atoms with E-state index in [1.807, 2.05) is 19.4 Å². The van der Waals surface area contributed by atoms with Crippen LogP contribution in [0.25, 0.3) is 0 Å². The molecular weight excluding hydrogens is 336 g/mol. The summed E-state index contributed by atoms with van der Waals surface area (Å²) in [5.74, 6) is 0.208. The predicted molar refractivity (Wildman–Crippen MR) is 103 cm³/mol. The number of halogens is 1. The van der Waals surface area contributed by atoms with E-state index >= 15 is 0 Å². The number of rotatable bonds is 5. The van der Waals surface area contributed by atoms with E-state index in [1.54, 1.807) is 4.68 Å². The fourth-order valence-electron chi connectivity index (χ4n) is 3.43. The van der Waals surface area contributed by atoms with Gasteiger partial charge in [-0.05, 0) is 35.6 Å². The Kier molecular flexibility index (Phi) is 6.62. The highest BCUT2D eigenvalue weighted by Crippen LogP contribution is 2.29. The summed E-state index contributed by atoms with van der Waals surface area (Å²) >= 11 is 0. The number of benzene rings is 1. The largest absolute Gasteiger partial charge is 0.326 e. The number of nitrogens with zero attached hydrogens (tertiary/aromatic N) is 2. The van der Waals surface area contributed by atoms with Gasteiger partial charge >= 0.3 is 0 Å². The van der Waals surface area contributed by atoms with Crippen LogP contribution >= 0.6 is 12.4 Å². The van der Waals surface area contributed by atoms with E-state index in [0.717, 1.165) is 30.6 Å². The number of carbonyl (C=O) groups is 1. The monoisotopic (exact) mass is 362 g/mol. The Morgan fingerprint density at radius 1 is 1.32 bits per heavy atom. The molecule has 1 aromatic heterocycles. The second kappa shape index (κ2) is 8.50. The second-order valence-electron chi connectivity index (χ2n) is 6.51. The molecule has 0 saturated carbocycles. The average molecular weight is 363 g/mol. The molecule has 1 saturated heterocycles. The molecule has 25 heavy (non-hydrogen) atoms. The fourth-order valence-corrected chi connectivity index (χ4v) is 3.43. The van der Waals surface area contributed by atoms with Crippen molar-refractivity contribution in [3.63, 3.8) is 0 Å². The molecule has 2 N–H and O–H groups in total. The number of carbonyl (C=O) groups excluding carboxylic acids is 1. The Morgan fingerprint density at radius 2 is 2.12 bits per heavy atom. The number of anilines is 1. The summed E-state index contributed by atoms with van der Waals surface area (Å²) in [6.45, 7) is 5.78. The molecule has 1 amide bonds. The summed E-state index contributed by atoms with van der Waals surface area (Å²) in [5.41, 5.74) is 4.51. The van der Waals surface area contributed by atoms with Gasteiger partial charge in [-0.2, -0.15) is 5.10 Å². The van der Waals surface area contributed by atoms with Crippen molar-refractivity contribution < 1.29 is 4.79 Å². The number of hydrogen-bond donors (Lipinski definition) is 2. The van der Waals surface area contributed by atoms with Crippen molar-refractivity contribution in [1.82, 2.24) is 15.1 Å². The highest BCUT2D eigenvalue weighted by molar-refractivity contribution is 5.94. The van der Waals surface area contributed by atoms with Gasteiger partial charge in [-0.1, -0.05) is 26.0 Å². The summed E-state index contributed by atoms with van der Waals surface area (Å²) in [6, 6.07) is 6.38. The Balaban J connectivity index is 0.00000225. The van der Waals surface area contributed by atoms with Crippen LogP contribution in [0.1, 0.15) is 36.5 Å². The van der Waals surface area contributed by atoms with Gasteiger partial charge < -0.3 is 10.6 Å². The second-order valence-corrected chi connectivity index (χ2v) is 6.51. The third kappa shape index (κ3) is 4.22. The fraction of sp³-hybridized carbons (Fsp3) is 0.474. The molecular formula is C19H27ClN4O. The summed E-state index contributed by atoms with van der Waals surface area (Å²) < 4.78 is 1.79. The molecule has 0 aliphatic carbocycles. The van der Waals surface area contributed by atoms with E-state index in [1.165, 1.54) is 11.1 Å². The van der Waals surface area contributed by atoms with Gasteiger partial charge in [0.25, 0.3) is 0 Å². The molecule has 2 aromatic rings. The molecule has 2 heterocycles. The van der Waals surface area contributed by atoms with Crippen molar-refractivity contribution in [2.45, 2.75) is 32.6 Å². The third-order valence-corrected chi connectivity index (χ3v) is 4.93. The summed E-state index contributed by atoms with van der Waals surface area (Å²) in [5, 5.41) is 10.8. The first kappa shape index (κ1) is 19.5. The number of amides is 1. The maximum Gasteiger partial charge on any atom is 0.229 e. The topological polar surface area (TPSA) is 59.0 Å². The van der Waals surface area contributed by atoms with E-state index < -0.39 is 0 Å². The van der Waals surface area contributed by atoms with Gasteiger partial charge in [0.2, 0.25) is 5.91 Å². The number of hydrogen-bond acceptors (Lipinski definition) is 3. The SMILES string of the molecule is CCc1ccc(CC)c(NC(=O)[C@H]2CNC[C@@H]2c2cnn(C)c2)c1.Cl. The van der Waals surface area contributed by atoms with Crippen LogP contribution in [0.5, 0.6) is 0 Å². The zero-order valence-electron chi connectivity index (χ0n) is 15.1. The molecule has 0 radical (unpaired) electrons. The van der Waals surface area contributed by atoms with Gasteiger partial charge in [0.15, 0.2) is 0 Å². The number of aryl methyl sites for hydroxylation is 3. The molecule has 1 aliphatic rings. The highest BCUT2D eigenvalue weighted by atomic mass is 35.5. The minimum atomic E-state index is -0.0656. The van der Waals surface area contributed by atoms with E-state index in [0.29, 0.717) is 6.54 Å². The minimum absolute atomic E-state index is 0. The molecule has 1 aromatic carbocycles. The van der Waals surface area contributed by atoms with Crippen molar-refractivity contribution in [2.75, 3.05) is 18.4 Å². The van der Waals surface area contributed by atoms with Crippen molar-refractivity contribution in [3.8, 4) is 0 Å². The first-order valence-corrected chi connectivity index (χ1v) is 8.74. The average Bonchev–Trinajstić information content (AvgIpc) is 3.23. The number of nitrogens with one attached hydrogen (secondary N) is 2. The summed E-state index contributed by atoms with van der Waals surface area (Å²) in [4.78, 5) is 12.9. The maximum atomic E-state index is 12.9. The minimum Gasteiger partial charge on any atom is -0.326 e. The lowest BCUT2D eigenvalue weighted by Gasteiger charge is -2.19. The van der Waals surface area contributed by atoms with Crippen LogP contribution in [-0.2, 0) is 24.7 Å². The quantitative estimate of drug-likeness (QED) is 0.859.